The first-order valence-corrected chi connectivity index (χ1v) is 13.3. The third-order valence-electron chi connectivity index (χ3n) is 7.54. The number of fused-ring (bicyclic) bond motifs is 2. The van der Waals surface area contributed by atoms with Crippen molar-refractivity contribution in [3.05, 3.63) is 99.3 Å². The van der Waals surface area contributed by atoms with Gasteiger partial charge in [0.05, 0.1) is 11.5 Å². The predicted octanol–water partition coefficient (Wildman–Crippen LogP) is 6.62. The van der Waals surface area contributed by atoms with Crippen LogP contribution in [0.25, 0.3) is 6.08 Å². The molecular weight excluding hydrogens is 481 g/mol. The van der Waals surface area contributed by atoms with Crippen molar-refractivity contribution in [2.24, 2.45) is 0 Å². The fourth-order valence-corrected chi connectivity index (χ4v) is 6.16. The van der Waals surface area contributed by atoms with Crippen LogP contribution < -0.4 is 5.32 Å². The molecular formula is C29H29F3N2OS. The van der Waals surface area contributed by atoms with Crippen LogP contribution in [0.15, 0.2) is 71.4 Å². The minimum absolute atomic E-state index is 0.0708. The lowest BCUT2D eigenvalue weighted by atomic mass is 9.74. The normalized spacial score (nSPS) is 17.8. The molecule has 1 aliphatic carbocycles. The Hall–Kier alpha value is -2.90. The zero-order valence-corrected chi connectivity index (χ0v) is 20.7. The molecule has 1 fully saturated rings. The van der Waals surface area contributed by atoms with Gasteiger partial charge in [-0.1, -0.05) is 48.6 Å². The Morgan fingerprint density at radius 1 is 1.08 bits per heavy atom. The molecule has 3 nitrogen and oxygen atoms in total. The third-order valence-corrected chi connectivity index (χ3v) is 8.25. The fourth-order valence-electron chi connectivity index (χ4n) is 5.45. The fraction of sp³-hybridized carbons (Fsp3) is 0.345. The van der Waals surface area contributed by atoms with Crippen molar-refractivity contribution in [2.75, 3.05) is 19.6 Å². The number of carbonyl (C=O) groups is 1. The number of halogens is 3. The maximum absolute atomic E-state index is 13.2. The van der Waals surface area contributed by atoms with E-state index >= 15 is 0 Å². The molecule has 7 heteroatoms. The predicted molar refractivity (Wildman–Crippen MR) is 138 cm³/mol. The average Bonchev–Trinajstić information content (AvgIpc) is 3.53. The van der Waals surface area contributed by atoms with Crippen LogP contribution in [0.1, 0.15) is 53.0 Å². The number of hydrogen-bond acceptors (Lipinski definition) is 3. The maximum atomic E-state index is 13.2. The zero-order chi connectivity index (χ0) is 25.2. The van der Waals surface area contributed by atoms with Crippen LogP contribution in [-0.4, -0.2) is 30.4 Å². The van der Waals surface area contributed by atoms with Crippen molar-refractivity contribution >= 4 is 23.3 Å². The van der Waals surface area contributed by atoms with Gasteiger partial charge in [-0.25, -0.2) is 0 Å². The number of thiophene rings is 1. The van der Waals surface area contributed by atoms with E-state index in [-0.39, 0.29) is 23.8 Å². The van der Waals surface area contributed by atoms with Gasteiger partial charge in [0.25, 0.3) is 0 Å². The van der Waals surface area contributed by atoms with Crippen LogP contribution in [0.3, 0.4) is 0 Å². The van der Waals surface area contributed by atoms with E-state index in [0.29, 0.717) is 12.0 Å². The number of allylic oxidation sites excluding steroid dienone is 1. The monoisotopic (exact) mass is 510 g/mol. The first kappa shape index (κ1) is 24.8. The molecule has 0 unspecified atom stereocenters. The summed E-state index contributed by atoms with van der Waals surface area (Å²) in [6, 6.07) is 15.7. The van der Waals surface area contributed by atoms with Crippen LogP contribution in [0, 0.1) is 0 Å². The number of nitrogens with zero attached hydrogens (tertiary/aromatic N) is 1. The number of nitrogens with one attached hydrogen (secondary N) is 1. The third kappa shape index (κ3) is 5.27. The van der Waals surface area contributed by atoms with Gasteiger partial charge in [0.2, 0.25) is 5.91 Å². The molecule has 1 N–H and O–H groups in total. The van der Waals surface area contributed by atoms with Gasteiger partial charge in [0.15, 0.2) is 0 Å². The Morgan fingerprint density at radius 3 is 2.64 bits per heavy atom. The molecule has 2 aliphatic rings. The molecule has 0 radical (unpaired) electrons. The molecule has 188 valence electrons. The van der Waals surface area contributed by atoms with E-state index in [1.54, 1.807) is 17.4 Å². The maximum Gasteiger partial charge on any atom is 0.416 e. The van der Waals surface area contributed by atoms with Crippen LogP contribution in [-0.2, 0) is 22.9 Å². The van der Waals surface area contributed by atoms with E-state index < -0.39 is 11.7 Å². The molecule has 1 atom stereocenters. The van der Waals surface area contributed by atoms with E-state index in [9.17, 15) is 18.0 Å². The quantitative estimate of drug-likeness (QED) is 0.388. The van der Waals surface area contributed by atoms with Gasteiger partial charge < -0.3 is 10.2 Å². The molecule has 1 amide bonds. The highest BCUT2D eigenvalue weighted by molar-refractivity contribution is 7.08. The highest BCUT2D eigenvalue weighted by Crippen LogP contribution is 2.43. The second-order valence-corrected chi connectivity index (χ2v) is 10.5. The van der Waals surface area contributed by atoms with Crippen molar-refractivity contribution in [2.45, 2.75) is 43.3 Å². The largest absolute Gasteiger partial charge is 0.416 e. The number of benzene rings is 2. The number of alkyl halides is 3. The molecule has 0 saturated carbocycles. The topological polar surface area (TPSA) is 32.3 Å². The summed E-state index contributed by atoms with van der Waals surface area (Å²) in [7, 11) is 0. The van der Waals surface area contributed by atoms with Gasteiger partial charge in [-0.15, -0.1) is 0 Å². The lowest BCUT2D eigenvalue weighted by Crippen LogP contribution is -2.42. The summed E-state index contributed by atoms with van der Waals surface area (Å²) in [5, 5.41) is 6.82. The SMILES string of the molecule is O=C(NCc1cccc(C(F)(F)F)c1)[C@@H](CCN1CCC2(C=Cc3ccccc32)CC1)c1ccsc1. The number of piperidine rings is 1. The van der Waals surface area contributed by atoms with E-state index in [2.05, 4.69) is 46.6 Å². The molecule has 2 aromatic carbocycles. The Balaban J connectivity index is 1.19. The standard InChI is InChI=1S/C29H29F3N2OS/c30-29(31,32)24-6-3-4-21(18-24)19-33-27(35)25(23-10-17-36-20-23)9-14-34-15-12-28(13-16-34)11-8-22-5-1-2-7-26(22)28/h1-8,10-11,17-18,20,25H,9,12-16,19H2,(H,33,35)/t25-/m0/s1. The Labute approximate surface area is 213 Å². The Bertz CT molecular complexity index is 1230. The minimum Gasteiger partial charge on any atom is -0.351 e. The van der Waals surface area contributed by atoms with E-state index in [1.165, 1.54) is 17.2 Å². The number of amides is 1. The van der Waals surface area contributed by atoms with Crippen LogP contribution in [0.2, 0.25) is 0 Å². The highest BCUT2D eigenvalue weighted by atomic mass is 32.1. The number of rotatable bonds is 7. The summed E-state index contributed by atoms with van der Waals surface area (Å²) in [5.74, 6) is -0.475. The van der Waals surface area contributed by atoms with E-state index in [0.717, 1.165) is 50.2 Å². The summed E-state index contributed by atoms with van der Waals surface area (Å²) < 4.78 is 39.1. The molecule has 3 aromatic rings. The summed E-state index contributed by atoms with van der Waals surface area (Å²) in [6.07, 6.45) is 3.00. The molecule has 2 heterocycles. The van der Waals surface area contributed by atoms with Crippen LogP contribution >= 0.6 is 11.3 Å². The van der Waals surface area contributed by atoms with E-state index in [1.807, 2.05) is 16.8 Å². The van der Waals surface area contributed by atoms with Crippen molar-refractivity contribution in [1.29, 1.82) is 0 Å². The molecule has 1 saturated heterocycles. The van der Waals surface area contributed by atoms with Gasteiger partial charge in [-0.05, 0) is 90.1 Å². The van der Waals surface area contributed by atoms with Crippen LogP contribution in [0.4, 0.5) is 13.2 Å². The highest BCUT2D eigenvalue weighted by Gasteiger charge is 2.38. The second kappa shape index (κ2) is 10.2. The first-order chi connectivity index (χ1) is 17.3. The number of hydrogen-bond donors (Lipinski definition) is 1. The summed E-state index contributed by atoms with van der Waals surface area (Å²) in [6.45, 7) is 2.82. The Kier molecular flexibility index (Phi) is 7.04. The number of likely N-dealkylation sites (tertiary alicyclic amines) is 1. The summed E-state index contributed by atoms with van der Waals surface area (Å²) in [4.78, 5) is 15.6. The lowest BCUT2D eigenvalue weighted by Gasteiger charge is -2.39. The van der Waals surface area contributed by atoms with Gasteiger partial charge in [-0.3, -0.25) is 4.79 Å². The molecule has 1 spiro atoms. The minimum atomic E-state index is -4.40. The zero-order valence-electron chi connectivity index (χ0n) is 19.9. The second-order valence-electron chi connectivity index (χ2n) is 9.73. The molecule has 1 aromatic heterocycles. The van der Waals surface area contributed by atoms with Crippen LogP contribution in [0.5, 0.6) is 0 Å². The van der Waals surface area contributed by atoms with Gasteiger partial charge in [0.1, 0.15) is 0 Å². The number of carbonyl (C=O) groups excluding carboxylic acids is 1. The summed E-state index contributed by atoms with van der Waals surface area (Å²) in [5.41, 5.74) is 3.57. The van der Waals surface area contributed by atoms with Crippen molar-refractivity contribution in [1.82, 2.24) is 10.2 Å². The van der Waals surface area contributed by atoms with Crippen molar-refractivity contribution < 1.29 is 18.0 Å². The van der Waals surface area contributed by atoms with Crippen molar-refractivity contribution in [3.8, 4) is 0 Å². The smallest absolute Gasteiger partial charge is 0.351 e. The molecule has 36 heavy (non-hydrogen) atoms. The van der Waals surface area contributed by atoms with E-state index in [4.69, 9.17) is 0 Å². The van der Waals surface area contributed by atoms with Crippen molar-refractivity contribution in [3.63, 3.8) is 0 Å². The van der Waals surface area contributed by atoms with Gasteiger partial charge >= 0.3 is 6.18 Å². The molecule has 0 bridgehead atoms. The molecule has 5 rings (SSSR count). The molecule has 1 aliphatic heterocycles. The van der Waals surface area contributed by atoms with Gasteiger partial charge in [0, 0.05) is 12.0 Å². The average molecular weight is 511 g/mol. The van der Waals surface area contributed by atoms with Gasteiger partial charge in [-0.2, -0.15) is 24.5 Å². The summed E-state index contributed by atoms with van der Waals surface area (Å²) >= 11 is 1.55. The Morgan fingerprint density at radius 2 is 1.89 bits per heavy atom. The lowest BCUT2D eigenvalue weighted by molar-refractivity contribution is -0.137. The first-order valence-electron chi connectivity index (χ1n) is 12.3.